The van der Waals surface area contributed by atoms with Crippen molar-refractivity contribution in [2.24, 2.45) is 0 Å². The SMILES string of the molecule is Cc1nn(-c2ccccc2)nc1C(=O)N1CCCN1C(=O)c1c(C)noc1C. The van der Waals surface area contributed by atoms with Crippen molar-refractivity contribution in [2.75, 3.05) is 13.1 Å². The summed E-state index contributed by atoms with van der Waals surface area (Å²) in [6, 6.07) is 9.36. The van der Waals surface area contributed by atoms with Crippen LogP contribution in [0.15, 0.2) is 34.9 Å². The Bertz CT molecular complexity index is 1020. The second-order valence-electron chi connectivity index (χ2n) is 6.67. The van der Waals surface area contributed by atoms with Crippen molar-refractivity contribution >= 4 is 11.8 Å². The summed E-state index contributed by atoms with van der Waals surface area (Å²) >= 11 is 0. The van der Waals surface area contributed by atoms with Crippen molar-refractivity contribution in [3.8, 4) is 5.69 Å². The molecule has 0 saturated carbocycles. The van der Waals surface area contributed by atoms with Crippen LogP contribution in [-0.4, -0.2) is 55.1 Å². The highest BCUT2D eigenvalue weighted by Crippen LogP contribution is 2.22. The molecule has 1 fully saturated rings. The van der Waals surface area contributed by atoms with Crippen LogP contribution in [0, 0.1) is 20.8 Å². The van der Waals surface area contributed by atoms with Crippen molar-refractivity contribution in [2.45, 2.75) is 27.2 Å². The molecule has 9 heteroatoms. The molecule has 2 aromatic heterocycles. The molecule has 4 rings (SSSR count). The summed E-state index contributed by atoms with van der Waals surface area (Å²) in [5.41, 5.74) is 2.39. The molecule has 1 saturated heterocycles. The predicted octanol–water partition coefficient (Wildman–Crippen LogP) is 2.08. The van der Waals surface area contributed by atoms with E-state index < -0.39 is 0 Å². The Morgan fingerprint density at radius 3 is 2.25 bits per heavy atom. The molecule has 0 radical (unpaired) electrons. The lowest BCUT2D eigenvalue weighted by Gasteiger charge is -2.27. The van der Waals surface area contributed by atoms with Gasteiger partial charge in [0.25, 0.3) is 11.8 Å². The van der Waals surface area contributed by atoms with E-state index in [-0.39, 0.29) is 17.5 Å². The molecule has 1 aliphatic heterocycles. The van der Waals surface area contributed by atoms with E-state index >= 15 is 0 Å². The summed E-state index contributed by atoms with van der Waals surface area (Å²) in [6.07, 6.45) is 0.687. The van der Waals surface area contributed by atoms with E-state index in [0.717, 1.165) is 5.69 Å². The maximum absolute atomic E-state index is 13.1. The summed E-state index contributed by atoms with van der Waals surface area (Å²) in [6.45, 7) is 6.01. The maximum atomic E-state index is 13.1. The van der Waals surface area contributed by atoms with E-state index in [1.165, 1.54) is 14.8 Å². The van der Waals surface area contributed by atoms with Gasteiger partial charge in [0.1, 0.15) is 11.3 Å². The smallest absolute Gasteiger partial charge is 0.294 e. The van der Waals surface area contributed by atoms with Crippen LogP contribution in [0.3, 0.4) is 0 Å². The van der Waals surface area contributed by atoms with E-state index in [4.69, 9.17) is 4.52 Å². The van der Waals surface area contributed by atoms with Crippen LogP contribution in [0.5, 0.6) is 0 Å². The van der Waals surface area contributed by atoms with Crippen LogP contribution >= 0.6 is 0 Å². The molecule has 0 bridgehead atoms. The minimum atomic E-state index is -0.350. The van der Waals surface area contributed by atoms with Gasteiger partial charge in [-0.05, 0) is 39.3 Å². The minimum absolute atomic E-state index is 0.224. The third kappa shape index (κ3) is 2.94. The molecular weight excluding hydrogens is 360 g/mol. The van der Waals surface area contributed by atoms with Gasteiger partial charge in [0.15, 0.2) is 5.69 Å². The molecule has 1 aliphatic rings. The van der Waals surface area contributed by atoms with Gasteiger partial charge in [-0.25, -0.2) is 10.0 Å². The number of benzene rings is 1. The Morgan fingerprint density at radius 1 is 0.929 bits per heavy atom. The number of hydrazine groups is 1. The molecule has 3 aromatic rings. The fourth-order valence-corrected chi connectivity index (χ4v) is 3.33. The molecule has 2 amide bonds. The fourth-order valence-electron chi connectivity index (χ4n) is 3.33. The van der Waals surface area contributed by atoms with E-state index in [1.54, 1.807) is 20.8 Å². The summed E-state index contributed by atoms with van der Waals surface area (Å²) < 4.78 is 5.10. The zero-order valence-corrected chi connectivity index (χ0v) is 15.9. The number of nitrogens with zero attached hydrogens (tertiary/aromatic N) is 6. The fraction of sp³-hybridized carbons (Fsp3) is 0.316. The van der Waals surface area contributed by atoms with Crippen molar-refractivity contribution < 1.29 is 14.1 Å². The van der Waals surface area contributed by atoms with Gasteiger partial charge in [0.05, 0.1) is 17.1 Å². The average Bonchev–Trinajstić information content (AvgIpc) is 3.40. The lowest BCUT2D eigenvalue weighted by atomic mass is 10.2. The van der Waals surface area contributed by atoms with Gasteiger partial charge in [-0.1, -0.05) is 23.4 Å². The quantitative estimate of drug-likeness (QED) is 0.690. The molecule has 0 spiro atoms. The standard InChI is InChI=1S/C19H20N6O3/c1-12-16(14(3)28-22-12)18(26)23-10-7-11-24(23)19(27)17-13(2)20-25(21-17)15-8-5-4-6-9-15/h4-6,8-9H,7,10-11H2,1-3H3. The molecule has 0 aliphatic carbocycles. The van der Waals surface area contributed by atoms with E-state index in [9.17, 15) is 9.59 Å². The Kier molecular flexibility index (Phi) is 4.42. The minimum Gasteiger partial charge on any atom is -0.361 e. The topological polar surface area (TPSA) is 97.4 Å². The van der Waals surface area contributed by atoms with Crippen molar-refractivity contribution in [3.63, 3.8) is 0 Å². The van der Waals surface area contributed by atoms with Gasteiger partial charge in [-0.2, -0.15) is 9.90 Å². The molecule has 144 valence electrons. The summed E-state index contributed by atoms with van der Waals surface area (Å²) in [5, 5.41) is 15.4. The highest BCUT2D eigenvalue weighted by atomic mass is 16.5. The number of para-hydroxylation sites is 1. The van der Waals surface area contributed by atoms with E-state index in [0.29, 0.717) is 42.2 Å². The first kappa shape index (κ1) is 17.9. The molecular formula is C19H20N6O3. The summed E-state index contributed by atoms with van der Waals surface area (Å²) in [4.78, 5) is 27.6. The van der Waals surface area contributed by atoms with E-state index in [2.05, 4.69) is 15.4 Å². The molecule has 28 heavy (non-hydrogen) atoms. The first-order chi connectivity index (χ1) is 13.5. The van der Waals surface area contributed by atoms with Gasteiger partial charge in [0, 0.05) is 13.1 Å². The number of rotatable bonds is 3. The lowest BCUT2D eigenvalue weighted by Crippen LogP contribution is -2.45. The molecule has 9 nitrogen and oxygen atoms in total. The Morgan fingerprint density at radius 2 is 1.61 bits per heavy atom. The zero-order valence-electron chi connectivity index (χ0n) is 15.9. The van der Waals surface area contributed by atoms with Crippen LogP contribution in [-0.2, 0) is 0 Å². The van der Waals surface area contributed by atoms with Crippen LogP contribution in [0.2, 0.25) is 0 Å². The lowest BCUT2D eigenvalue weighted by molar-refractivity contribution is 0.0180. The summed E-state index contributed by atoms with van der Waals surface area (Å²) in [7, 11) is 0. The van der Waals surface area contributed by atoms with Crippen LogP contribution in [0.1, 0.15) is 44.4 Å². The van der Waals surface area contributed by atoms with Crippen molar-refractivity contribution in [1.82, 2.24) is 30.2 Å². The van der Waals surface area contributed by atoms with Crippen LogP contribution < -0.4 is 0 Å². The third-order valence-corrected chi connectivity index (χ3v) is 4.72. The molecule has 1 aromatic carbocycles. The maximum Gasteiger partial charge on any atom is 0.294 e. The van der Waals surface area contributed by atoms with Gasteiger partial charge in [-0.3, -0.25) is 9.59 Å². The summed E-state index contributed by atoms with van der Waals surface area (Å²) in [5.74, 6) is -0.208. The third-order valence-electron chi connectivity index (χ3n) is 4.72. The number of carbonyl (C=O) groups excluding carboxylic acids is 2. The van der Waals surface area contributed by atoms with Gasteiger partial charge < -0.3 is 4.52 Å². The zero-order chi connectivity index (χ0) is 19.8. The van der Waals surface area contributed by atoms with Crippen LogP contribution in [0.4, 0.5) is 0 Å². The average molecular weight is 380 g/mol. The highest BCUT2D eigenvalue weighted by molar-refractivity contribution is 6.00. The van der Waals surface area contributed by atoms with Gasteiger partial charge in [0.2, 0.25) is 0 Å². The molecule has 0 atom stereocenters. The highest BCUT2D eigenvalue weighted by Gasteiger charge is 2.36. The number of hydrogen-bond acceptors (Lipinski definition) is 6. The largest absolute Gasteiger partial charge is 0.361 e. The Balaban J connectivity index is 1.63. The van der Waals surface area contributed by atoms with Crippen molar-refractivity contribution in [3.05, 3.63) is 58.7 Å². The van der Waals surface area contributed by atoms with Gasteiger partial charge >= 0.3 is 0 Å². The number of aryl methyl sites for hydroxylation is 3. The Labute approximate surface area is 161 Å². The second kappa shape index (κ2) is 6.91. The number of amides is 2. The normalized spacial score (nSPS) is 14.0. The number of aromatic nitrogens is 4. The van der Waals surface area contributed by atoms with Crippen LogP contribution in [0.25, 0.3) is 5.69 Å². The Hall–Kier alpha value is -3.49. The molecule has 0 unspecified atom stereocenters. The predicted molar refractivity (Wildman–Crippen MR) is 98.8 cm³/mol. The molecule has 3 heterocycles. The van der Waals surface area contributed by atoms with E-state index in [1.807, 2.05) is 30.3 Å². The second-order valence-corrected chi connectivity index (χ2v) is 6.67. The first-order valence-corrected chi connectivity index (χ1v) is 9.03. The number of carbonyl (C=O) groups is 2. The number of hydrogen-bond donors (Lipinski definition) is 0. The van der Waals surface area contributed by atoms with Crippen molar-refractivity contribution in [1.29, 1.82) is 0 Å². The van der Waals surface area contributed by atoms with Gasteiger partial charge in [-0.15, -0.1) is 5.10 Å². The molecule has 0 N–H and O–H groups in total. The monoisotopic (exact) mass is 380 g/mol. The first-order valence-electron chi connectivity index (χ1n) is 9.03.